The second-order valence-electron chi connectivity index (χ2n) is 7.31. The number of ether oxygens (including phenoxy) is 2. The molecule has 29 heavy (non-hydrogen) atoms. The molecular formula is C20H24F3N3O3. The van der Waals surface area contributed by atoms with E-state index in [1.807, 2.05) is 4.90 Å². The van der Waals surface area contributed by atoms with Gasteiger partial charge < -0.3 is 19.3 Å². The Hall–Kier alpha value is -2.31. The lowest BCUT2D eigenvalue weighted by molar-refractivity contribution is -0.142. The number of carbonyl (C=O) groups is 1. The molecule has 0 saturated carbocycles. The number of methoxy groups -OCH3 is 1. The van der Waals surface area contributed by atoms with Crippen LogP contribution < -0.4 is 4.90 Å². The summed E-state index contributed by atoms with van der Waals surface area (Å²) in [6, 6.07) is 5.07. The van der Waals surface area contributed by atoms with Gasteiger partial charge in [0.1, 0.15) is 0 Å². The van der Waals surface area contributed by atoms with E-state index in [2.05, 4.69) is 0 Å². The quantitative estimate of drug-likeness (QED) is 0.762. The fourth-order valence-electron chi connectivity index (χ4n) is 3.95. The number of halogens is 3. The Kier molecular flexibility index (Phi) is 6.65. The summed E-state index contributed by atoms with van der Waals surface area (Å²) in [5.41, 5.74) is -0.958. The van der Waals surface area contributed by atoms with Gasteiger partial charge in [-0.1, -0.05) is 0 Å². The highest BCUT2D eigenvalue weighted by molar-refractivity contribution is 5.79. The van der Waals surface area contributed by atoms with Crippen molar-refractivity contribution >= 4 is 11.6 Å². The van der Waals surface area contributed by atoms with Gasteiger partial charge in [0.25, 0.3) is 0 Å². The van der Waals surface area contributed by atoms with Crippen molar-refractivity contribution in [2.45, 2.75) is 25.1 Å². The van der Waals surface area contributed by atoms with Crippen molar-refractivity contribution in [3.8, 4) is 6.07 Å². The smallest absolute Gasteiger partial charge is 0.382 e. The molecular weight excluding hydrogens is 387 g/mol. The van der Waals surface area contributed by atoms with Gasteiger partial charge in [-0.25, -0.2) is 0 Å². The van der Waals surface area contributed by atoms with Crippen LogP contribution in [0.15, 0.2) is 18.2 Å². The second-order valence-corrected chi connectivity index (χ2v) is 7.31. The summed E-state index contributed by atoms with van der Waals surface area (Å²) in [6.07, 6.45) is -3.24. The third-order valence-corrected chi connectivity index (χ3v) is 5.49. The number of nitrogens with zero attached hydrogens (tertiary/aromatic N) is 3. The zero-order valence-electron chi connectivity index (χ0n) is 16.2. The van der Waals surface area contributed by atoms with Crippen LogP contribution >= 0.6 is 0 Å². The summed E-state index contributed by atoms with van der Waals surface area (Å²) < 4.78 is 50.5. The molecule has 1 aromatic rings. The molecule has 2 saturated heterocycles. The third-order valence-electron chi connectivity index (χ3n) is 5.49. The van der Waals surface area contributed by atoms with Crippen LogP contribution in [0.4, 0.5) is 18.9 Å². The van der Waals surface area contributed by atoms with Gasteiger partial charge in [0.2, 0.25) is 5.91 Å². The van der Waals surface area contributed by atoms with Crippen LogP contribution in [0.3, 0.4) is 0 Å². The van der Waals surface area contributed by atoms with Crippen molar-refractivity contribution in [3.05, 3.63) is 29.3 Å². The third kappa shape index (κ3) is 4.82. The van der Waals surface area contributed by atoms with Crippen LogP contribution in [-0.2, 0) is 20.4 Å². The van der Waals surface area contributed by atoms with Gasteiger partial charge in [-0.3, -0.25) is 4.79 Å². The Morgan fingerprint density at radius 1 is 1.31 bits per heavy atom. The van der Waals surface area contributed by atoms with Gasteiger partial charge in [-0.2, -0.15) is 18.4 Å². The molecule has 3 rings (SSSR count). The van der Waals surface area contributed by atoms with Gasteiger partial charge in [0, 0.05) is 51.6 Å². The summed E-state index contributed by atoms with van der Waals surface area (Å²) in [6.45, 7) is 2.62. The molecule has 0 spiro atoms. The number of carbonyl (C=O) groups excluding carboxylic acids is 1. The van der Waals surface area contributed by atoms with Crippen molar-refractivity contribution < 1.29 is 27.4 Å². The number of hydrogen-bond acceptors (Lipinski definition) is 5. The first-order valence-corrected chi connectivity index (χ1v) is 9.58. The minimum atomic E-state index is -4.60. The summed E-state index contributed by atoms with van der Waals surface area (Å²) in [4.78, 5) is 16.6. The SMILES string of the molecule is COCC1CN(c2ccc(C#N)c(C(F)(F)F)c2)CCN1C(=O)C1CCOCC1. The molecule has 0 bridgehead atoms. The minimum absolute atomic E-state index is 0.0609. The monoisotopic (exact) mass is 411 g/mol. The number of rotatable bonds is 4. The van der Waals surface area contributed by atoms with E-state index >= 15 is 0 Å². The normalized spacial score (nSPS) is 21.1. The maximum Gasteiger partial charge on any atom is 0.417 e. The second kappa shape index (κ2) is 9.01. The van der Waals surface area contributed by atoms with Crippen molar-refractivity contribution in [2.75, 3.05) is 51.5 Å². The van der Waals surface area contributed by atoms with Gasteiger partial charge in [-0.05, 0) is 31.0 Å². The van der Waals surface area contributed by atoms with Crippen LogP contribution in [0.1, 0.15) is 24.0 Å². The Morgan fingerprint density at radius 3 is 2.66 bits per heavy atom. The average Bonchev–Trinajstić information content (AvgIpc) is 2.73. The molecule has 2 heterocycles. The molecule has 1 atom stereocenters. The van der Waals surface area contributed by atoms with Crippen molar-refractivity contribution in [2.24, 2.45) is 5.92 Å². The highest BCUT2D eigenvalue weighted by atomic mass is 19.4. The standard InChI is InChI=1S/C20H24F3N3O3/c1-28-13-17-12-25(6-7-26(17)19(27)14-4-8-29-9-5-14)16-3-2-15(11-24)18(10-16)20(21,22)23/h2-3,10,14,17H,4-9,12-13H2,1H3. The van der Waals surface area contributed by atoms with E-state index < -0.39 is 17.3 Å². The molecule has 0 radical (unpaired) electrons. The Bertz CT molecular complexity index is 772. The predicted octanol–water partition coefficient (Wildman–Crippen LogP) is 2.67. The Morgan fingerprint density at radius 2 is 2.03 bits per heavy atom. The molecule has 1 aromatic carbocycles. The van der Waals surface area contributed by atoms with Crippen molar-refractivity contribution in [1.29, 1.82) is 5.26 Å². The van der Waals surface area contributed by atoms with E-state index in [1.165, 1.54) is 12.1 Å². The fourth-order valence-corrected chi connectivity index (χ4v) is 3.95. The molecule has 9 heteroatoms. The van der Waals surface area contributed by atoms with Crippen LogP contribution in [0, 0.1) is 17.2 Å². The maximum absolute atomic E-state index is 13.3. The number of anilines is 1. The molecule has 158 valence electrons. The molecule has 1 unspecified atom stereocenters. The maximum atomic E-state index is 13.3. The number of hydrogen-bond donors (Lipinski definition) is 0. The first kappa shape index (κ1) is 21.4. The molecule has 0 aromatic heterocycles. The molecule has 2 aliphatic heterocycles. The molecule has 0 N–H and O–H groups in total. The van der Waals surface area contributed by atoms with E-state index in [0.29, 0.717) is 58.0 Å². The van der Waals surface area contributed by atoms with Crippen molar-refractivity contribution in [1.82, 2.24) is 4.90 Å². The number of nitriles is 1. The summed E-state index contributed by atoms with van der Waals surface area (Å²) in [7, 11) is 1.54. The Labute approximate surface area is 167 Å². The Balaban J connectivity index is 1.79. The highest BCUT2D eigenvalue weighted by Gasteiger charge is 2.37. The summed E-state index contributed by atoms with van der Waals surface area (Å²) in [5, 5.41) is 8.98. The molecule has 0 aliphatic carbocycles. The number of benzene rings is 1. The summed E-state index contributed by atoms with van der Waals surface area (Å²) >= 11 is 0. The lowest BCUT2D eigenvalue weighted by Crippen LogP contribution is -2.58. The predicted molar refractivity (Wildman–Crippen MR) is 99.3 cm³/mol. The minimum Gasteiger partial charge on any atom is -0.382 e. The first-order chi connectivity index (χ1) is 13.8. The van der Waals surface area contributed by atoms with E-state index in [-0.39, 0.29) is 17.9 Å². The topological polar surface area (TPSA) is 65.8 Å². The molecule has 6 nitrogen and oxygen atoms in total. The van der Waals surface area contributed by atoms with Gasteiger partial charge in [-0.15, -0.1) is 0 Å². The van der Waals surface area contributed by atoms with E-state index in [1.54, 1.807) is 18.1 Å². The first-order valence-electron chi connectivity index (χ1n) is 9.58. The van der Waals surface area contributed by atoms with E-state index in [9.17, 15) is 18.0 Å². The highest BCUT2D eigenvalue weighted by Crippen LogP contribution is 2.35. The zero-order chi connectivity index (χ0) is 21.0. The molecule has 2 fully saturated rings. The molecule has 1 amide bonds. The number of alkyl halides is 3. The van der Waals surface area contributed by atoms with Gasteiger partial charge in [0.15, 0.2) is 0 Å². The van der Waals surface area contributed by atoms with Crippen molar-refractivity contribution in [3.63, 3.8) is 0 Å². The zero-order valence-corrected chi connectivity index (χ0v) is 16.2. The lowest BCUT2D eigenvalue weighted by Gasteiger charge is -2.43. The average molecular weight is 411 g/mol. The number of piperazine rings is 1. The fraction of sp³-hybridized carbons (Fsp3) is 0.600. The lowest BCUT2D eigenvalue weighted by atomic mass is 9.97. The van der Waals surface area contributed by atoms with E-state index in [0.717, 1.165) is 6.07 Å². The number of amides is 1. The van der Waals surface area contributed by atoms with Gasteiger partial charge >= 0.3 is 6.18 Å². The molecule has 2 aliphatic rings. The summed E-state index contributed by atoms with van der Waals surface area (Å²) in [5.74, 6) is -0.0211. The van der Waals surface area contributed by atoms with Crippen LogP contribution in [0.2, 0.25) is 0 Å². The van der Waals surface area contributed by atoms with Crippen LogP contribution in [0.25, 0.3) is 0 Å². The largest absolute Gasteiger partial charge is 0.417 e. The van der Waals surface area contributed by atoms with E-state index in [4.69, 9.17) is 14.7 Å². The van der Waals surface area contributed by atoms with Crippen LogP contribution in [0.5, 0.6) is 0 Å². The van der Waals surface area contributed by atoms with Gasteiger partial charge in [0.05, 0.1) is 29.8 Å². The van der Waals surface area contributed by atoms with Crippen LogP contribution in [-0.4, -0.2) is 63.4 Å².